The predicted octanol–water partition coefficient (Wildman–Crippen LogP) is 6.71. The van der Waals surface area contributed by atoms with Gasteiger partial charge in [0, 0.05) is 21.7 Å². The number of nitrogen functional groups attached to an aromatic ring is 1. The van der Waals surface area contributed by atoms with Crippen molar-refractivity contribution in [1.82, 2.24) is 0 Å². The molecule has 0 bridgehead atoms. The third kappa shape index (κ3) is 3.03. The Morgan fingerprint density at radius 3 is 2.19 bits per heavy atom. The first-order chi connectivity index (χ1) is 13.3. The van der Waals surface area contributed by atoms with Crippen molar-refractivity contribution in [2.24, 2.45) is 4.99 Å². The molecule has 27 heavy (non-hydrogen) atoms. The van der Waals surface area contributed by atoms with Crippen molar-refractivity contribution >= 4 is 51.9 Å². The van der Waals surface area contributed by atoms with Gasteiger partial charge in [-0.2, -0.15) is 0 Å². The molecule has 130 valence electrons. The van der Waals surface area contributed by atoms with E-state index in [9.17, 15) is 0 Å². The Hall–Kier alpha value is -2.95. The second kappa shape index (κ2) is 6.65. The van der Waals surface area contributed by atoms with Gasteiger partial charge in [-0.05, 0) is 81.1 Å². The van der Waals surface area contributed by atoms with Crippen molar-refractivity contribution in [3.63, 3.8) is 0 Å². The van der Waals surface area contributed by atoms with Crippen molar-refractivity contribution in [3.05, 3.63) is 92.3 Å². The highest BCUT2D eigenvalue weighted by Crippen LogP contribution is 2.47. The van der Waals surface area contributed by atoms with Gasteiger partial charge >= 0.3 is 0 Å². The highest BCUT2D eigenvalue weighted by Gasteiger charge is 2.24. The number of nitrogens with zero attached hydrogens (tertiary/aromatic N) is 1. The molecule has 0 atom stereocenters. The zero-order valence-corrected chi connectivity index (χ0v) is 16.1. The molecule has 1 aliphatic rings. The maximum absolute atomic E-state index is 6.09. The maximum Gasteiger partial charge on any atom is 0.0636 e. The Labute approximate surface area is 166 Å². The minimum atomic E-state index is 0.787. The van der Waals surface area contributed by atoms with E-state index in [1.807, 2.05) is 18.3 Å². The molecule has 0 unspecified atom stereocenters. The lowest BCUT2D eigenvalue weighted by Gasteiger charge is -2.04. The van der Waals surface area contributed by atoms with Crippen molar-refractivity contribution in [1.29, 1.82) is 0 Å². The lowest BCUT2D eigenvalue weighted by Crippen LogP contribution is -1.87. The predicted molar refractivity (Wildman–Crippen MR) is 119 cm³/mol. The van der Waals surface area contributed by atoms with E-state index in [1.54, 1.807) is 22.7 Å². The molecule has 0 radical (unpaired) electrons. The number of fused-ring (bicyclic) bond motifs is 3. The molecule has 0 aliphatic heterocycles. The van der Waals surface area contributed by atoms with E-state index in [0.717, 1.165) is 16.3 Å². The summed E-state index contributed by atoms with van der Waals surface area (Å²) in [6.45, 7) is 0. The molecule has 2 aromatic heterocycles. The van der Waals surface area contributed by atoms with Gasteiger partial charge in [0.05, 0.1) is 5.69 Å². The fourth-order valence-electron chi connectivity index (χ4n) is 3.41. The van der Waals surface area contributed by atoms with Gasteiger partial charge in [-0.1, -0.05) is 24.3 Å². The average Bonchev–Trinajstić information content (AvgIpc) is 3.42. The van der Waals surface area contributed by atoms with Crippen molar-refractivity contribution in [2.45, 2.75) is 0 Å². The molecule has 4 heteroatoms. The monoisotopic (exact) mass is 384 g/mol. The van der Waals surface area contributed by atoms with Crippen molar-refractivity contribution < 1.29 is 0 Å². The molecular weight excluding hydrogens is 368 g/mol. The Balaban J connectivity index is 1.64. The largest absolute Gasteiger partial charge is 0.399 e. The highest BCUT2D eigenvalue weighted by atomic mass is 32.1. The van der Waals surface area contributed by atoms with Gasteiger partial charge in [-0.25, -0.2) is 0 Å². The number of nitrogens with two attached hydrogens (primary N) is 1. The molecule has 0 amide bonds. The Kier molecular flexibility index (Phi) is 4.00. The summed E-state index contributed by atoms with van der Waals surface area (Å²) in [6, 6.07) is 20.9. The summed E-state index contributed by atoms with van der Waals surface area (Å²) in [7, 11) is 0. The first-order valence-electron chi connectivity index (χ1n) is 8.65. The second-order valence-corrected chi connectivity index (χ2v) is 8.34. The molecule has 0 fully saturated rings. The minimum Gasteiger partial charge on any atom is -0.399 e. The van der Waals surface area contributed by atoms with Crippen LogP contribution in [0.4, 0.5) is 11.4 Å². The van der Waals surface area contributed by atoms with Crippen LogP contribution in [0.1, 0.15) is 20.9 Å². The summed E-state index contributed by atoms with van der Waals surface area (Å²) in [4.78, 5) is 7.06. The van der Waals surface area contributed by atoms with E-state index in [1.165, 1.54) is 32.7 Å². The van der Waals surface area contributed by atoms with Crippen LogP contribution in [0.5, 0.6) is 0 Å². The third-order valence-electron chi connectivity index (χ3n) is 4.63. The topological polar surface area (TPSA) is 38.4 Å². The van der Waals surface area contributed by atoms with E-state index >= 15 is 0 Å². The molecule has 2 aromatic carbocycles. The van der Waals surface area contributed by atoms with E-state index in [-0.39, 0.29) is 0 Å². The quantitative estimate of drug-likeness (QED) is 0.272. The second-order valence-electron chi connectivity index (χ2n) is 6.38. The molecule has 4 aromatic rings. The average molecular weight is 385 g/mol. The zero-order valence-electron chi connectivity index (χ0n) is 14.4. The van der Waals surface area contributed by atoms with Gasteiger partial charge in [-0.15, -0.1) is 22.7 Å². The number of rotatable bonds is 3. The van der Waals surface area contributed by atoms with E-state index in [4.69, 9.17) is 5.73 Å². The summed E-state index contributed by atoms with van der Waals surface area (Å²) in [5.41, 5.74) is 13.9. The number of thiophene rings is 2. The number of hydrogen-bond donors (Lipinski definition) is 1. The molecule has 0 saturated carbocycles. The number of anilines is 1. The Morgan fingerprint density at radius 1 is 0.741 bits per heavy atom. The lowest BCUT2D eigenvalue weighted by atomic mass is 10.0. The van der Waals surface area contributed by atoms with E-state index in [0.29, 0.717) is 0 Å². The van der Waals surface area contributed by atoms with Crippen LogP contribution in [0, 0.1) is 0 Å². The molecular formula is C23H16N2S2. The normalized spacial score (nSPS) is 14.0. The third-order valence-corrected chi connectivity index (χ3v) is 6.26. The summed E-state index contributed by atoms with van der Waals surface area (Å²) < 4.78 is 0. The lowest BCUT2D eigenvalue weighted by molar-refractivity contribution is 1.52. The molecule has 2 nitrogen and oxygen atoms in total. The fraction of sp³-hybridized carbons (Fsp3) is 0. The van der Waals surface area contributed by atoms with Crippen LogP contribution in [0.15, 0.2) is 76.4 Å². The standard InChI is InChI=1S/C23H16N2S2/c24-15-5-7-19-20-8-6-16(25-14-18-4-2-10-27-18)12-22(20)23(21(19)11-15)13-17-3-1-9-26-17/h1-14H,24H2. The van der Waals surface area contributed by atoms with Crippen molar-refractivity contribution in [2.75, 3.05) is 5.73 Å². The van der Waals surface area contributed by atoms with Crippen LogP contribution in [-0.4, -0.2) is 6.21 Å². The molecule has 5 rings (SSSR count). The van der Waals surface area contributed by atoms with Gasteiger partial charge in [0.15, 0.2) is 0 Å². The van der Waals surface area contributed by atoms with Crippen LogP contribution in [0.2, 0.25) is 0 Å². The number of benzene rings is 2. The van der Waals surface area contributed by atoms with Crippen LogP contribution in [0.3, 0.4) is 0 Å². The first-order valence-corrected chi connectivity index (χ1v) is 10.4. The van der Waals surface area contributed by atoms with Crippen LogP contribution in [0.25, 0.3) is 22.8 Å². The molecule has 2 heterocycles. The van der Waals surface area contributed by atoms with Gasteiger partial charge < -0.3 is 5.73 Å². The van der Waals surface area contributed by atoms with Crippen LogP contribution in [-0.2, 0) is 0 Å². The van der Waals surface area contributed by atoms with Crippen LogP contribution < -0.4 is 5.73 Å². The molecule has 0 spiro atoms. The molecule has 0 saturated heterocycles. The summed E-state index contributed by atoms with van der Waals surface area (Å²) in [6.07, 6.45) is 4.18. The fourth-order valence-corrected chi connectivity index (χ4v) is 4.65. The summed E-state index contributed by atoms with van der Waals surface area (Å²) in [5, 5.41) is 4.16. The minimum absolute atomic E-state index is 0.787. The van der Waals surface area contributed by atoms with E-state index < -0.39 is 0 Å². The van der Waals surface area contributed by atoms with E-state index in [2.05, 4.69) is 70.4 Å². The Morgan fingerprint density at radius 2 is 1.44 bits per heavy atom. The van der Waals surface area contributed by atoms with Crippen LogP contribution >= 0.6 is 22.7 Å². The zero-order chi connectivity index (χ0) is 18.2. The van der Waals surface area contributed by atoms with Gasteiger partial charge in [0.1, 0.15) is 0 Å². The van der Waals surface area contributed by atoms with Gasteiger partial charge in [0.2, 0.25) is 0 Å². The summed E-state index contributed by atoms with van der Waals surface area (Å²) in [5.74, 6) is 0. The van der Waals surface area contributed by atoms with Gasteiger partial charge in [-0.3, -0.25) is 4.99 Å². The van der Waals surface area contributed by atoms with Gasteiger partial charge in [0.25, 0.3) is 0 Å². The summed E-state index contributed by atoms with van der Waals surface area (Å²) >= 11 is 3.43. The molecule has 1 aliphatic carbocycles. The Bertz CT molecular complexity index is 1170. The highest BCUT2D eigenvalue weighted by molar-refractivity contribution is 7.11. The molecule has 2 N–H and O–H groups in total. The first kappa shape index (κ1) is 16.2. The van der Waals surface area contributed by atoms with Crippen molar-refractivity contribution in [3.8, 4) is 11.1 Å². The smallest absolute Gasteiger partial charge is 0.0636 e. The SMILES string of the molecule is Nc1ccc2c(c1)C(=Cc1cccs1)c1cc(N=Cc3cccs3)ccc1-2. The number of hydrogen-bond acceptors (Lipinski definition) is 4. The number of aliphatic imine (C=N–C) groups is 1. The maximum atomic E-state index is 6.09.